The number of amides is 1. The Bertz CT molecular complexity index is 258. The lowest BCUT2D eigenvalue weighted by Gasteiger charge is -2.37. The van der Waals surface area contributed by atoms with Gasteiger partial charge in [0.05, 0.1) is 0 Å². The first-order chi connectivity index (χ1) is 9.15. The predicted octanol–water partition coefficient (Wildman–Crippen LogP) is 1.69. The van der Waals surface area contributed by atoms with E-state index in [1.54, 1.807) is 0 Å². The molecule has 0 bridgehead atoms. The van der Waals surface area contributed by atoms with Gasteiger partial charge in [0, 0.05) is 32.1 Å². The molecule has 1 aliphatic heterocycles. The zero-order valence-electron chi connectivity index (χ0n) is 12.9. The number of hydrogen-bond acceptors (Lipinski definition) is 3. The summed E-state index contributed by atoms with van der Waals surface area (Å²) in [6.07, 6.45) is 4.37. The third-order valence-electron chi connectivity index (χ3n) is 4.54. The average Bonchev–Trinajstić information content (AvgIpc) is 2.46. The van der Waals surface area contributed by atoms with Crippen LogP contribution in [0.1, 0.15) is 46.5 Å². The van der Waals surface area contributed by atoms with E-state index in [9.17, 15) is 4.79 Å². The van der Waals surface area contributed by atoms with E-state index in [4.69, 9.17) is 5.73 Å². The van der Waals surface area contributed by atoms with E-state index in [0.29, 0.717) is 13.0 Å². The SMILES string of the molecule is CCC1CCN(C(CN)CC(=O)N(CC)CC)CC1. The Morgan fingerprint density at radius 1 is 1.26 bits per heavy atom. The minimum Gasteiger partial charge on any atom is -0.343 e. The summed E-state index contributed by atoms with van der Waals surface area (Å²) in [5, 5.41) is 0. The summed E-state index contributed by atoms with van der Waals surface area (Å²) in [4.78, 5) is 16.5. The number of nitrogens with zero attached hydrogens (tertiary/aromatic N) is 2. The molecular formula is C15H31N3O. The molecule has 1 unspecified atom stereocenters. The molecule has 4 heteroatoms. The zero-order chi connectivity index (χ0) is 14.3. The predicted molar refractivity (Wildman–Crippen MR) is 80.0 cm³/mol. The summed E-state index contributed by atoms with van der Waals surface area (Å²) in [6, 6.07) is 0.228. The van der Waals surface area contributed by atoms with E-state index in [-0.39, 0.29) is 11.9 Å². The molecular weight excluding hydrogens is 238 g/mol. The van der Waals surface area contributed by atoms with Gasteiger partial charge in [0.2, 0.25) is 5.91 Å². The van der Waals surface area contributed by atoms with Gasteiger partial charge in [-0.05, 0) is 45.7 Å². The second kappa shape index (κ2) is 8.54. The van der Waals surface area contributed by atoms with Crippen LogP contribution in [0.15, 0.2) is 0 Å². The molecule has 1 amide bonds. The first-order valence-electron chi connectivity index (χ1n) is 7.88. The van der Waals surface area contributed by atoms with Crippen LogP contribution >= 0.6 is 0 Å². The van der Waals surface area contributed by atoms with Crippen LogP contribution < -0.4 is 5.73 Å². The van der Waals surface area contributed by atoms with Gasteiger partial charge in [0.1, 0.15) is 0 Å². The van der Waals surface area contributed by atoms with Crippen LogP contribution in [0.25, 0.3) is 0 Å². The second-order valence-corrected chi connectivity index (χ2v) is 5.55. The van der Waals surface area contributed by atoms with E-state index >= 15 is 0 Å². The summed E-state index contributed by atoms with van der Waals surface area (Å²) >= 11 is 0. The van der Waals surface area contributed by atoms with Gasteiger partial charge in [0.15, 0.2) is 0 Å². The van der Waals surface area contributed by atoms with Crippen molar-refractivity contribution >= 4 is 5.91 Å². The van der Waals surface area contributed by atoms with Gasteiger partial charge in [-0.3, -0.25) is 9.69 Å². The molecule has 0 spiro atoms. The lowest BCUT2D eigenvalue weighted by Crippen LogP contribution is -2.47. The van der Waals surface area contributed by atoms with Gasteiger partial charge in [0.25, 0.3) is 0 Å². The Morgan fingerprint density at radius 2 is 1.84 bits per heavy atom. The largest absolute Gasteiger partial charge is 0.343 e. The topological polar surface area (TPSA) is 49.6 Å². The van der Waals surface area contributed by atoms with Crippen LogP contribution in [-0.4, -0.2) is 54.5 Å². The van der Waals surface area contributed by atoms with E-state index < -0.39 is 0 Å². The fourth-order valence-electron chi connectivity index (χ4n) is 2.99. The minimum absolute atomic E-state index is 0.228. The molecule has 4 nitrogen and oxygen atoms in total. The quantitative estimate of drug-likeness (QED) is 0.765. The molecule has 0 aromatic carbocycles. The average molecular weight is 269 g/mol. The van der Waals surface area contributed by atoms with Crippen LogP contribution in [0.2, 0.25) is 0 Å². The van der Waals surface area contributed by atoms with Crippen molar-refractivity contribution in [2.75, 3.05) is 32.7 Å². The monoisotopic (exact) mass is 269 g/mol. The molecule has 19 heavy (non-hydrogen) atoms. The number of hydrogen-bond donors (Lipinski definition) is 1. The number of carbonyl (C=O) groups is 1. The van der Waals surface area contributed by atoms with Crippen molar-refractivity contribution in [2.24, 2.45) is 11.7 Å². The van der Waals surface area contributed by atoms with Gasteiger partial charge in [-0.25, -0.2) is 0 Å². The normalized spacial score (nSPS) is 19.4. The van der Waals surface area contributed by atoms with Crippen molar-refractivity contribution in [3.63, 3.8) is 0 Å². The van der Waals surface area contributed by atoms with E-state index in [1.165, 1.54) is 19.3 Å². The molecule has 0 saturated carbocycles. The highest BCUT2D eigenvalue weighted by Gasteiger charge is 2.26. The molecule has 1 rings (SSSR count). The standard InChI is InChI=1S/C15H31N3O/c1-4-13-7-9-18(10-8-13)14(12-16)11-15(19)17(5-2)6-3/h13-14H,4-12,16H2,1-3H3. The van der Waals surface area contributed by atoms with E-state index in [1.807, 2.05) is 18.7 Å². The number of piperidine rings is 1. The Kier molecular flexibility index (Phi) is 7.39. The van der Waals surface area contributed by atoms with Crippen molar-refractivity contribution in [3.8, 4) is 0 Å². The van der Waals surface area contributed by atoms with Crippen molar-refractivity contribution in [1.29, 1.82) is 0 Å². The van der Waals surface area contributed by atoms with Gasteiger partial charge in [-0.2, -0.15) is 0 Å². The van der Waals surface area contributed by atoms with Crippen LogP contribution in [0.3, 0.4) is 0 Å². The highest BCUT2D eigenvalue weighted by atomic mass is 16.2. The lowest BCUT2D eigenvalue weighted by molar-refractivity contribution is -0.132. The molecule has 1 aliphatic rings. The van der Waals surface area contributed by atoms with Gasteiger partial charge >= 0.3 is 0 Å². The summed E-state index contributed by atoms with van der Waals surface area (Å²) < 4.78 is 0. The summed E-state index contributed by atoms with van der Waals surface area (Å²) in [6.45, 7) is 10.7. The molecule has 0 aromatic rings. The van der Waals surface area contributed by atoms with Crippen LogP contribution in [0.4, 0.5) is 0 Å². The first-order valence-corrected chi connectivity index (χ1v) is 7.88. The Morgan fingerprint density at radius 3 is 2.26 bits per heavy atom. The molecule has 0 aromatic heterocycles. The second-order valence-electron chi connectivity index (χ2n) is 5.55. The molecule has 1 heterocycles. The third-order valence-corrected chi connectivity index (χ3v) is 4.54. The lowest BCUT2D eigenvalue weighted by atomic mass is 9.93. The van der Waals surface area contributed by atoms with Crippen LogP contribution in [0, 0.1) is 5.92 Å². The van der Waals surface area contributed by atoms with Crippen molar-refractivity contribution < 1.29 is 4.79 Å². The van der Waals surface area contributed by atoms with Crippen LogP contribution in [-0.2, 0) is 4.79 Å². The maximum atomic E-state index is 12.2. The maximum Gasteiger partial charge on any atom is 0.224 e. The molecule has 2 N–H and O–H groups in total. The molecule has 0 radical (unpaired) electrons. The molecule has 1 saturated heterocycles. The fraction of sp³-hybridized carbons (Fsp3) is 0.933. The minimum atomic E-state index is 0.228. The van der Waals surface area contributed by atoms with Gasteiger partial charge < -0.3 is 10.6 Å². The van der Waals surface area contributed by atoms with Crippen molar-refractivity contribution in [3.05, 3.63) is 0 Å². The first kappa shape index (κ1) is 16.4. The fourth-order valence-corrected chi connectivity index (χ4v) is 2.99. The van der Waals surface area contributed by atoms with Crippen molar-refractivity contribution in [2.45, 2.75) is 52.5 Å². The van der Waals surface area contributed by atoms with E-state index in [0.717, 1.165) is 32.1 Å². The van der Waals surface area contributed by atoms with Crippen LogP contribution in [0.5, 0.6) is 0 Å². The molecule has 0 aliphatic carbocycles. The van der Waals surface area contributed by atoms with E-state index in [2.05, 4.69) is 11.8 Å². The highest BCUT2D eigenvalue weighted by Crippen LogP contribution is 2.22. The molecule has 1 atom stereocenters. The van der Waals surface area contributed by atoms with Gasteiger partial charge in [-0.15, -0.1) is 0 Å². The smallest absolute Gasteiger partial charge is 0.224 e. The Hall–Kier alpha value is -0.610. The molecule has 112 valence electrons. The highest BCUT2D eigenvalue weighted by molar-refractivity contribution is 5.76. The maximum absolute atomic E-state index is 12.2. The third kappa shape index (κ3) is 4.77. The summed E-state index contributed by atoms with van der Waals surface area (Å²) in [5.74, 6) is 1.12. The summed E-state index contributed by atoms with van der Waals surface area (Å²) in [7, 11) is 0. The number of nitrogens with two attached hydrogens (primary N) is 1. The number of carbonyl (C=O) groups excluding carboxylic acids is 1. The summed E-state index contributed by atoms with van der Waals surface area (Å²) in [5.41, 5.74) is 5.89. The van der Waals surface area contributed by atoms with Crippen molar-refractivity contribution in [1.82, 2.24) is 9.80 Å². The number of likely N-dealkylation sites (tertiary alicyclic amines) is 1. The van der Waals surface area contributed by atoms with Gasteiger partial charge in [-0.1, -0.05) is 13.3 Å². The zero-order valence-corrected chi connectivity index (χ0v) is 12.9. The molecule has 1 fully saturated rings. The number of rotatable bonds is 7. The Labute approximate surface area is 118 Å². The Balaban J connectivity index is 2.47.